The lowest BCUT2D eigenvalue weighted by molar-refractivity contribution is -0.0993. The van der Waals surface area contributed by atoms with Crippen molar-refractivity contribution in [1.29, 1.82) is 0 Å². The number of hydrogen-bond donors (Lipinski definition) is 2. The lowest BCUT2D eigenvalue weighted by Gasteiger charge is -2.59. The van der Waals surface area contributed by atoms with Crippen molar-refractivity contribution in [3.8, 4) is 0 Å². The minimum Gasteiger partial charge on any atom is -0.393 e. The van der Waals surface area contributed by atoms with E-state index in [0.29, 0.717) is 10.8 Å². The molecule has 9 atom stereocenters. The molecule has 2 heteroatoms. The van der Waals surface area contributed by atoms with Gasteiger partial charge in [-0.25, -0.2) is 0 Å². The Balaban J connectivity index is 1.48. The van der Waals surface area contributed by atoms with Crippen molar-refractivity contribution < 1.29 is 10.2 Å². The predicted octanol–water partition coefficient (Wildman–Crippen LogP) is 5.95. The number of aliphatic hydroxyl groups is 2. The molecule has 0 bridgehead atoms. The van der Waals surface area contributed by atoms with E-state index in [1.165, 1.54) is 64.2 Å². The van der Waals surface area contributed by atoms with Gasteiger partial charge in [-0.3, -0.25) is 0 Å². The molecule has 0 aromatic heterocycles. The highest BCUT2D eigenvalue weighted by atomic mass is 16.3. The zero-order valence-corrected chi connectivity index (χ0v) is 18.1. The zero-order chi connectivity index (χ0) is 19.2. The van der Waals surface area contributed by atoms with Crippen LogP contribution in [0, 0.1) is 40.4 Å². The van der Waals surface area contributed by atoms with E-state index in [1.807, 2.05) is 6.92 Å². The lowest BCUT2D eigenvalue weighted by Crippen LogP contribution is -2.51. The molecule has 4 aliphatic carbocycles. The molecule has 9 unspecified atom stereocenters. The van der Waals surface area contributed by atoms with Crippen LogP contribution >= 0.6 is 0 Å². The molecule has 4 fully saturated rings. The molecule has 0 radical (unpaired) electrons. The third-order valence-electron chi connectivity index (χ3n) is 10.3. The average molecular weight is 377 g/mol. The van der Waals surface area contributed by atoms with Crippen LogP contribution in [-0.4, -0.2) is 22.4 Å². The lowest BCUT2D eigenvalue weighted by atomic mass is 9.46. The first kappa shape index (κ1) is 20.2. The van der Waals surface area contributed by atoms with Crippen LogP contribution in [0.3, 0.4) is 0 Å². The summed E-state index contributed by atoms with van der Waals surface area (Å²) in [4.78, 5) is 0. The third kappa shape index (κ3) is 3.52. The van der Waals surface area contributed by atoms with Gasteiger partial charge in [0.05, 0.1) is 12.2 Å². The second kappa shape index (κ2) is 7.63. The van der Waals surface area contributed by atoms with Crippen molar-refractivity contribution in [1.82, 2.24) is 0 Å². The van der Waals surface area contributed by atoms with E-state index in [-0.39, 0.29) is 12.2 Å². The van der Waals surface area contributed by atoms with E-state index >= 15 is 0 Å². The fraction of sp³-hybridized carbons (Fsp3) is 1.00. The minimum absolute atomic E-state index is 0.0375. The van der Waals surface area contributed by atoms with E-state index in [1.54, 1.807) is 0 Å². The maximum Gasteiger partial charge on any atom is 0.0540 e. The summed E-state index contributed by atoms with van der Waals surface area (Å²) < 4.78 is 0. The topological polar surface area (TPSA) is 40.5 Å². The van der Waals surface area contributed by atoms with E-state index in [9.17, 15) is 10.2 Å². The molecule has 0 saturated heterocycles. The van der Waals surface area contributed by atoms with Gasteiger partial charge in [0.2, 0.25) is 0 Å². The zero-order valence-electron chi connectivity index (χ0n) is 18.1. The van der Waals surface area contributed by atoms with E-state index in [0.717, 1.165) is 48.9 Å². The van der Waals surface area contributed by atoms with Crippen molar-refractivity contribution in [2.45, 2.75) is 116 Å². The summed E-state index contributed by atoms with van der Waals surface area (Å²) in [5, 5.41) is 19.9. The Hall–Kier alpha value is -0.0800. The van der Waals surface area contributed by atoms with Gasteiger partial charge in [-0.1, -0.05) is 20.3 Å². The van der Waals surface area contributed by atoms with Crippen molar-refractivity contribution >= 4 is 0 Å². The molecule has 156 valence electrons. The Morgan fingerprint density at radius 2 is 1.56 bits per heavy atom. The summed E-state index contributed by atoms with van der Waals surface area (Å²) in [6.07, 6.45) is 16.6. The number of fused-ring (bicyclic) bond motifs is 5. The van der Waals surface area contributed by atoms with Gasteiger partial charge in [-0.15, -0.1) is 0 Å². The molecule has 0 aliphatic heterocycles. The normalized spacial score (nSPS) is 51.0. The van der Waals surface area contributed by atoms with Crippen LogP contribution in [0.15, 0.2) is 0 Å². The van der Waals surface area contributed by atoms with Crippen molar-refractivity contribution in [2.75, 3.05) is 0 Å². The van der Waals surface area contributed by atoms with Crippen molar-refractivity contribution in [2.24, 2.45) is 40.4 Å². The number of aliphatic hydroxyl groups excluding tert-OH is 2. The van der Waals surface area contributed by atoms with E-state index in [2.05, 4.69) is 13.8 Å². The average Bonchev–Trinajstić information content (AvgIpc) is 2.87. The maximum absolute atomic E-state index is 10.3. The Labute approximate surface area is 167 Å². The summed E-state index contributed by atoms with van der Waals surface area (Å²) in [5.41, 5.74) is 1.05. The first-order chi connectivity index (χ1) is 12.8. The Morgan fingerprint density at radius 3 is 2.33 bits per heavy atom. The summed E-state index contributed by atoms with van der Waals surface area (Å²) >= 11 is 0. The fourth-order valence-corrected chi connectivity index (χ4v) is 8.66. The highest BCUT2D eigenvalue weighted by Crippen LogP contribution is 2.67. The molecule has 0 amide bonds. The van der Waals surface area contributed by atoms with Gasteiger partial charge in [-0.2, -0.15) is 0 Å². The minimum atomic E-state index is -0.133. The van der Waals surface area contributed by atoms with Gasteiger partial charge >= 0.3 is 0 Å². The molecular weight excluding hydrogens is 332 g/mol. The summed E-state index contributed by atoms with van der Waals surface area (Å²) in [6, 6.07) is 0. The van der Waals surface area contributed by atoms with Gasteiger partial charge in [0, 0.05) is 0 Å². The van der Waals surface area contributed by atoms with Crippen molar-refractivity contribution in [3.05, 3.63) is 0 Å². The van der Waals surface area contributed by atoms with Crippen LogP contribution in [0.25, 0.3) is 0 Å². The van der Waals surface area contributed by atoms with Crippen LogP contribution in [0.2, 0.25) is 0 Å². The molecule has 2 N–H and O–H groups in total. The van der Waals surface area contributed by atoms with E-state index < -0.39 is 0 Å². The van der Waals surface area contributed by atoms with Crippen LogP contribution in [0.4, 0.5) is 0 Å². The van der Waals surface area contributed by atoms with Gasteiger partial charge in [0.1, 0.15) is 0 Å². The first-order valence-corrected chi connectivity index (χ1v) is 12.2. The second-order valence-corrected chi connectivity index (χ2v) is 11.5. The van der Waals surface area contributed by atoms with Crippen molar-refractivity contribution in [3.63, 3.8) is 0 Å². The Kier molecular flexibility index (Phi) is 5.71. The summed E-state index contributed by atoms with van der Waals surface area (Å²) in [6.45, 7) is 7.19. The Morgan fingerprint density at radius 1 is 0.852 bits per heavy atom. The van der Waals surface area contributed by atoms with Crippen LogP contribution in [0.5, 0.6) is 0 Å². The maximum atomic E-state index is 10.3. The predicted molar refractivity (Wildman–Crippen MR) is 111 cm³/mol. The molecular formula is C25H44O2. The molecule has 4 aliphatic rings. The Bertz CT molecular complexity index is 516. The van der Waals surface area contributed by atoms with Gasteiger partial charge < -0.3 is 10.2 Å². The SMILES string of the molecule is CC(O)CCCC1CCC2C3CCC4CCC(O)CCC4(C)C3CCC12C. The van der Waals surface area contributed by atoms with Gasteiger partial charge in [0.25, 0.3) is 0 Å². The second-order valence-electron chi connectivity index (χ2n) is 11.5. The number of rotatable bonds is 4. The van der Waals surface area contributed by atoms with Crippen LogP contribution in [-0.2, 0) is 0 Å². The molecule has 27 heavy (non-hydrogen) atoms. The highest BCUT2D eigenvalue weighted by molar-refractivity contribution is 5.08. The largest absolute Gasteiger partial charge is 0.393 e. The quantitative estimate of drug-likeness (QED) is 0.636. The molecule has 4 saturated carbocycles. The molecule has 4 rings (SSSR count). The highest BCUT2D eigenvalue weighted by Gasteiger charge is 2.59. The number of hydrogen-bond acceptors (Lipinski definition) is 2. The summed E-state index contributed by atoms with van der Waals surface area (Å²) in [5.74, 6) is 4.56. The molecule has 0 heterocycles. The smallest absolute Gasteiger partial charge is 0.0540 e. The third-order valence-corrected chi connectivity index (χ3v) is 10.3. The molecule has 0 spiro atoms. The van der Waals surface area contributed by atoms with Gasteiger partial charge in [-0.05, 0) is 124 Å². The summed E-state index contributed by atoms with van der Waals surface area (Å²) in [7, 11) is 0. The van der Waals surface area contributed by atoms with Crippen LogP contribution < -0.4 is 0 Å². The molecule has 2 nitrogen and oxygen atoms in total. The van der Waals surface area contributed by atoms with Gasteiger partial charge in [0.15, 0.2) is 0 Å². The fourth-order valence-electron chi connectivity index (χ4n) is 8.66. The first-order valence-electron chi connectivity index (χ1n) is 12.2. The molecule has 0 aromatic rings. The monoisotopic (exact) mass is 376 g/mol. The standard InChI is InChI=1S/C25H44O2/c1-17(26)5-4-6-18-9-12-22-21-11-8-19-7-10-20(27)13-15-24(19,2)23(21)14-16-25(18,22)3/h17-23,26-27H,4-16H2,1-3H3. The van der Waals surface area contributed by atoms with Crippen LogP contribution in [0.1, 0.15) is 104 Å². The molecule has 0 aromatic carbocycles. The van der Waals surface area contributed by atoms with E-state index in [4.69, 9.17) is 0 Å².